The summed E-state index contributed by atoms with van der Waals surface area (Å²) in [6, 6.07) is 16.1. The van der Waals surface area contributed by atoms with Gasteiger partial charge in [-0.2, -0.15) is 15.2 Å². The molecule has 0 bridgehead atoms. The van der Waals surface area contributed by atoms with Crippen molar-refractivity contribution in [2.75, 3.05) is 22.9 Å². The van der Waals surface area contributed by atoms with Crippen molar-refractivity contribution in [3.05, 3.63) is 69.5 Å². The summed E-state index contributed by atoms with van der Waals surface area (Å²) in [5.74, 6) is 0.208. The van der Waals surface area contributed by atoms with E-state index >= 15 is 0 Å². The van der Waals surface area contributed by atoms with Crippen molar-refractivity contribution < 1.29 is 0 Å². The van der Waals surface area contributed by atoms with E-state index in [4.69, 9.17) is 28.1 Å². The van der Waals surface area contributed by atoms with Crippen LogP contribution in [0.1, 0.15) is 12.5 Å². The van der Waals surface area contributed by atoms with Crippen molar-refractivity contribution in [3.63, 3.8) is 0 Å². The maximum atomic E-state index is 13.5. The number of fused-ring (bicyclic) bond motifs is 1. The third-order valence-corrected chi connectivity index (χ3v) is 5.01. The van der Waals surface area contributed by atoms with Crippen LogP contribution in [-0.2, 0) is 0 Å². The molecule has 2 aromatic carbocycles. The molecule has 0 radical (unpaired) electrons. The molecule has 154 valence electrons. The first-order valence-electron chi connectivity index (χ1n) is 9.33. The lowest BCUT2D eigenvalue weighted by Gasteiger charge is -2.26. The molecule has 4 aromatic rings. The van der Waals surface area contributed by atoms with Crippen LogP contribution in [0.5, 0.6) is 0 Å². The molecular formula is C21H17ClN8O. The molecule has 0 saturated heterocycles. The lowest BCUT2D eigenvalue weighted by Crippen LogP contribution is -2.30. The average molecular weight is 433 g/mol. The zero-order valence-electron chi connectivity index (χ0n) is 16.5. The second-order valence-electron chi connectivity index (χ2n) is 6.55. The SMILES string of the molecule is CCN(c1nc(N)nc(N)c1C#N)c1nc2c(Cl)cccc2c(=O)n1-c1ccccc1. The zero-order chi connectivity index (χ0) is 22.1. The lowest BCUT2D eigenvalue weighted by molar-refractivity contribution is 0.859. The molecule has 31 heavy (non-hydrogen) atoms. The number of hydrogen-bond donors (Lipinski definition) is 2. The second-order valence-corrected chi connectivity index (χ2v) is 6.95. The standard InChI is InChI=1S/C21H17ClN8O/c1-2-29(18-14(11-23)17(24)27-20(25)28-18)21-26-16-13(9-6-10-15(16)22)19(31)30(21)12-7-4-3-5-8-12/h3-10H,2H2,1H3,(H4,24,25,27,28). The molecule has 10 heteroatoms. The van der Waals surface area contributed by atoms with Gasteiger partial charge in [0.05, 0.1) is 21.6 Å². The highest BCUT2D eigenvalue weighted by molar-refractivity contribution is 6.35. The minimum atomic E-state index is -0.319. The summed E-state index contributed by atoms with van der Waals surface area (Å²) in [5.41, 5.74) is 12.3. The minimum Gasteiger partial charge on any atom is -0.382 e. The first-order valence-corrected chi connectivity index (χ1v) is 9.71. The van der Waals surface area contributed by atoms with E-state index in [1.165, 1.54) is 4.57 Å². The molecule has 9 nitrogen and oxygen atoms in total. The Kier molecular flexibility index (Phi) is 5.15. The Balaban J connectivity index is 2.13. The van der Waals surface area contributed by atoms with Gasteiger partial charge in [0.2, 0.25) is 11.9 Å². The van der Waals surface area contributed by atoms with Crippen LogP contribution in [0.3, 0.4) is 0 Å². The predicted molar refractivity (Wildman–Crippen MR) is 121 cm³/mol. The van der Waals surface area contributed by atoms with Gasteiger partial charge in [-0.1, -0.05) is 35.9 Å². The molecule has 0 fully saturated rings. The molecule has 0 spiro atoms. The van der Waals surface area contributed by atoms with Crippen LogP contribution in [0.15, 0.2) is 53.3 Å². The molecule has 0 aliphatic rings. The molecule has 4 N–H and O–H groups in total. The highest BCUT2D eigenvalue weighted by atomic mass is 35.5. The van der Waals surface area contributed by atoms with Crippen LogP contribution < -0.4 is 21.9 Å². The third kappa shape index (κ3) is 3.39. The van der Waals surface area contributed by atoms with Crippen LogP contribution in [0, 0.1) is 11.3 Å². The Hall–Kier alpha value is -4.16. The summed E-state index contributed by atoms with van der Waals surface area (Å²) in [5, 5.41) is 10.3. The van der Waals surface area contributed by atoms with E-state index in [-0.39, 0.29) is 34.7 Å². The van der Waals surface area contributed by atoms with E-state index in [1.807, 2.05) is 31.2 Å². The number of nitriles is 1. The van der Waals surface area contributed by atoms with E-state index < -0.39 is 0 Å². The Labute approximate surface area is 182 Å². The maximum Gasteiger partial charge on any atom is 0.267 e. The number of rotatable bonds is 4. The molecule has 0 unspecified atom stereocenters. The van der Waals surface area contributed by atoms with E-state index in [0.29, 0.717) is 28.2 Å². The summed E-state index contributed by atoms with van der Waals surface area (Å²) in [4.78, 5) is 27.9. The fourth-order valence-electron chi connectivity index (χ4n) is 3.33. The summed E-state index contributed by atoms with van der Waals surface area (Å²) in [6.07, 6.45) is 0. The van der Waals surface area contributed by atoms with Crippen molar-refractivity contribution in [2.24, 2.45) is 0 Å². The molecule has 0 aliphatic heterocycles. The van der Waals surface area contributed by atoms with Crippen molar-refractivity contribution in [1.29, 1.82) is 5.26 Å². The number of anilines is 4. The first-order chi connectivity index (χ1) is 15.0. The minimum absolute atomic E-state index is 0.0316. The van der Waals surface area contributed by atoms with E-state index in [1.54, 1.807) is 35.2 Å². The molecule has 2 heterocycles. The van der Waals surface area contributed by atoms with Crippen LogP contribution in [0.4, 0.5) is 23.5 Å². The molecular weight excluding hydrogens is 416 g/mol. The smallest absolute Gasteiger partial charge is 0.267 e. The highest BCUT2D eigenvalue weighted by Gasteiger charge is 2.24. The number of nitrogen functional groups attached to an aromatic ring is 2. The molecule has 0 atom stereocenters. The van der Waals surface area contributed by atoms with Gasteiger partial charge < -0.3 is 11.5 Å². The Morgan fingerprint density at radius 2 is 1.84 bits per heavy atom. The average Bonchev–Trinajstić information content (AvgIpc) is 2.75. The largest absolute Gasteiger partial charge is 0.382 e. The van der Waals surface area contributed by atoms with Gasteiger partial charge in [0.25, 0.3) is 5.56 Å². The number of benzene rings is 2. The summed E-state index contributed by atoms with van der Waals surface area (Å²) in [6.45, 7) is 2.13. The maximum absolute atomic E-state index is 13.5. The monoisotopic (exact) mass is 432 g/mol. The van der Waals surface area contributed by atoms with Gasteiger partial charge in [-0.3, -0.25) is 9.69 Å². The topological polar surface area (TPSA) is 140 Å². The normalized spacial score (nSPS) is 10.7. The van der Waals surface area contributed by atoms with Gasteiger partial charge in [-0.25, -0.2) is 9.55 Å². The number of halogens is 1. The highest BCUT2D eigenvalue weighted by Crippen LogP contribution is 2.31. The van der Waals surface area contributed by atoms with Gasteiger partial charge >= 0.3 is 0 Å². The van der Waals surface area contributed by atoms with Gasteiger partial charge in [-0.15, -0.1) is 0 Å². The van der Waals surface area contributed by atoms with Crippen LogP contribution in [0.2, 0.25) is 5.02 Å². The van der Waals surface area contributed by atoms with E-state index in [9.17, 15) is 10.1 Å². The quantitative estimate of drug-likeness (QED) is 0.501. The first kappa shape index (κ1) is 20.1. The number of nitrogens with two attached hydrogens (primary N) is 2. The molecule has 0 aliphatic carbocycles. The number of nitrogens with zero attached hydrogens (tertiary/aromatic N) is 6. The molecule has 0 saturated carbocycles. The second kappa shape index (κ2) is 7.93. The van der Waals surface area contributed by atoms with Crippen molar-refractivity contribution in [3.8, 4) is 11.8 Å². The fourth-order valence-corrected chi connectivity index (χ4v) is 3.54. The third-order valence-electron chi connectivity index (χ3n) is 4.71. The Morgan fingerprint density at radius 1 is 1.10 bits per heavy atom. The zero-order valence-corrected chi connectivity index (χ0v) is 17.2. The van der Waals surface area contributed by atoms with Gasteiger partial charge in [0.1, 0.15) is 17.5 Å². The van der Waals surface area contributed by atoms with E-state index in [2.05, 4.69) is 9.97 Å². The lowest BCUT2D eigenvalue weighted by atomic mass is 10.2. The van der Waals surface area contributed by atoms with Crippen molar-refractivity contribution in [2.45, 2.75) is 6.92 Å². The van der Waals surface area contributed by atoms with Crippen molar-refractivity contribution >= 4 is 46.0 Å². The number of aromatic nitrogens is 4. The number of hydrogen-bond acceptors (Lipinski definition) is 8. The van der Waals surface area contributed by atoms with Gasteiger partial charge in [0.15, 0.2) is 5.82 Å². The van der Waals surface area contributed by atoms with Crippen molar-refractivity contribution in [1.82, 2.24) is 19.5 Å². The number of para-hydroxylation sites is 2. The summed E-state index contributed by atoms with van der Waals surface area (Å²) in [7, 11) is 0. The van der Waals surface area contributed by atoms with Gasteiger partial charge in [-0.05, 0) is 31.2 Å². The summed E-state index contributed by atoms with van der Waals surface area (Å²) < 4.78 is 1.44. The predicted octanol–water partition coefficient (Wildman–Crippen LogP) is 3.02. The summed E-state index contributed by atoms with van der Waals surface area (Å²) >= 11 is 6.36. The fraction of sp³-hybridized carbons (Fsp3) is 0.0952. The Morgan fingerprint density at radius 3 is 2.52 bits per heavy atom. The van der Waals surface area contributed by atoms with E-state index in [0.717, 1.165) is 0 Å². The molecule has 4 rings (SSSR count). The molecule has 0 amide bonds. The van der Waals surface area contributed by atoms with Crippen LogP contribution in [0.25, 0.3) is 16.6 Å². The van der Waals surface area contributed by atoms with Crippen LogP contribution in [-0.4, -0.2) is 26.1 Å². The van der Waals surface area contributed by atoms with Crippen LogP contribution >= 0.6 is 11.6 Å². The van der Waals surface area contributed by atoms with Gasteiger partial charge in [0, 0.05) is 6.54 Å². The molecule has 2 aromatic heterocycles. The Bertz CT molecular complexity index is 1390.